The third-order valence-electron chi connectivity index (χ3n) is 3.74. The van der Waals surface area contributed by atoms with Crippen molar-refractivity contribution in [3.8, 4) is 0 Å². The molecule has 0 aliphatic rings. The Morgan fingerprint density at radius 2 is 0.694 bits per heavy atom. The van der Waals surface area contributed by atoms with Gasteiger partial charge >= 0.3 is 11.9 Å². The highest BCUT2D eigenvalue weighted by Crippen LogP contribution is 2.08. The largest absolute Gasteiger partial charge is 0.460 e. The van der Waals surface area contributed by atoms with Crippen molar-refractivity contribution < 1.29 is 52.2 Å². The van der Waals surface area contributed by atoms with E-state index in [1.807, 2.05) is 41.5 Å². The molecule has 0 unspecified atom stereocenters. The number of carbonyl (C=O) groups is 2. The average molecular weight is 525 g/mol. The molecule has 0 aliphatic carbocycles. The maximum absolute atomic E-state index is 11.5. The molecule has 0 atom stereocenters. The summed E-state index contributed by atoms with van der Waals surface area (Å²) in [6.45, 7) is 16.4. The second-order valence-electron chi connectivity index (χ2n) is 9.65. The second-order valence-corrected chi connectivity index (χ2v) is 9.65. The first kappa shape index (κ1) is 34.7. The number of rotatable bonds is 23. The van der Waals surface area contributed by atoms with Crippen molar-refractivity contribution in [2.24, 2.45) is 0 Å². The number of hydrogen-bond donors (Lipinski definition) is 0. The van der Waals surface area contributed by atoms with E-state index in [0.717, 1.165) is 0 Å². The van der Waals surface area contributed by atoms with E-state index in [-0.39, 0.29) is 25.0 Å². The Hall–Kier alpha value is -1.34. The zero-order valence-corrected chi connectivity index (χ0v) is 23.1. The molecule has 0 aromatic heterocycles. The smallest absolute Gasteiger partial charge is 0.332 e. The Kier molecular flexibility index (Phi) is 20.9. The summed E-state index contributed by atoms with van der Waals surface area (Å²) < 4.78 is 47.9. The molecule has 0 saturated carbocycles. The van der Waals surface area contributed by atoms with Gasteiger partial charge in [-0.15, -0.1) is 0 Å². The highest BCUT2D eigenvalue weighted by molar-refractivity contribution is 5.71. The van der Waals surface area contributed by atoms with Crippen molar-refractivity contribution >= 4 is 11.9 Å². The lowest BCUT2D eigenvalue weighted by molar-refractivity contribution is -0.161. The highest BCUT2D eigenvalue weighted by atomic mass is 16.6. The Bertz CT molecular complexity index is 493. The van der Waals surface area contributed by atoms with Crippen LogP contribution in [0, 0.1) is 0 Å². The van der Waals surface area contributed by atoms with Gasteiger partial charge in [-0.1, -0.05) is 0 Å². The fourth-order valence-corrected chi connectivity index (χ4v) is 2.39. The molecule has 0 saturated heterocycles. The predicted molar refractivity (Wildman–Crippen MR) is 132 cm³/mol. The standard InChI is InChI=1S/C25H48O11/c1-24(2,3)35-22(26)7-8-28-9-10-29-11-12-30-13-14-31-15-16-32-17-18-33-19-20-34-21-23(27)36-25(4,5)6/h7-21H2,1-6H3. The van der Waals surface area contributed by atoms with Crippen molar-refractivity contribution in [3.63, 3.8) is 0 Å². The minimum atomic E-state index is -0.510. The van der Waals surface area contributed by atoms with Gasteiger partial charge in [-0.2, -0.15) is 0 Å². The molecule has 0 aromatic carbocycles. The van der Waals surface area contributed by atoms with E-state index in [4.69, 9.17) is 42.6 Å². The maximum atomic E-state index is 11.5. The third-order valence-corrected chi connectivity index (χ3v) is 3.74. The summed E-state index contributed by atoms with van der Waals surface area (Å²) in [6.07, 6.45) is 0.230. The van der Waals surface area contributed by atoms with E-state index in [9.17, 15) is 9.59 Å². The van der Waals surface area contributed by atoms with Crippen LogP contribution < -0.4 is 0 Å². The second kappa shape index (κ2) is 21.7. The van der Waals surface area contributed by atoms with Gasteiger partial charge in [-0.05, 0) is 41.5 Å². The van der Waals surface area contributed by atoms with Gasteiger partial charge in [0.05, 0.1) is 92.3 Å². The zero-order chi connectivity index (χ0) is 27.1. The Morgan fingerprint density at radius 1 is 0.417 bits per heavy atom. The molecule has 0 fully saturated rings. The van der Waals surface area contributed by atoms with E-state index in [2.05, 4.69) is 0 Å². The van der Waals surface area contributed by atoms with Crippen LogP contribution in [0.5, 0.6) is 0 Å². The molecular weight excluding hydrogens is 476 g/mol. The van der Waals surface area contributed by atoms with Gasteiger partial charge in [-0.25, -0.2) is 4.79 Å². The molecule has 0 radical (unpaired) electrons. The van der Waals surface area contributed by atoms with E-state index in [0.29, 0.717) is 85.9 Å². The Morgan fingerprint density at radius 3 is 1.03 bits per heavy atom. The van der Waals surface area contributed by atoms with Crippen LogP contribution >= 0.6 is 0 Å². The number of esters is 2. The fraction of sp³-hybridized carbons (Fsp3) is 0.920. The van der Waals surface area contributed by atoms with E-state index in [1.165, 1.54) is 0 Å². The molecule has 11 heteroatoms. The van der Waals surface area contributed by atoms with Crippen LogP contribution in [0.15, 0.2) is 0 Å². The van der Waals surface area contributed by atoms with Crippen LogP contribution in [0.4, 0.5) is 0 Å². The number of hydrogen-bond acceptors (Lipinski definition) is 11. The zero-order valence-electron chi connectivity index (χ0n) is 23.1. The molecular formula is C25H48O11. The fourth-order valence-electron chi connectivity index (χ4n) is 2.39. The summed E-state index contributed by atoms with van der Waals surface area (Å²) in [5.74, 6) is -0.657. The van der Waals surface area contributed by atoms with Gasteiger partial charge < -0.3 is 42.6 Å². The molecule has 36 heavy (non-hydrogen) atoms. The van der Waals surface area contributed by atoms with Crippen molar-refractivity contribution in [1.82, 2.24) is 0 Å². The molecule has 0 amide bonds. The van der Waals surface area contributed by atoms with Crippen LogP contribution in [-0.4, -0.2) is 116 Å². The predicted octanol–water partition coefficient (Wildman–Crippen LogP) is 2.18. The molecule has 0 heterocycles. The molecule has 0 bridgehead atoms. The van der Waals surface area contributed by atoms with Crippen molar-refractivity contribution in [2.45, 2.75) is 59.2 Å². The summed E-state index contributed by atoms with van der Waals surface area (Å²) in [4.78, 5) is 23.0. The number of carbonyl (C=O) groups excluding carboxylic acids is 2. The van der Waals surface area contributed by atoms with Crippen molar-refractivity contribution in [3.05, 3.63) is 0 Å². The van der Waals surface area contributed by atoms with Crippen LogP contribution in [0.2, 0.25) is 0 Å². The molecule has 0 N–H and O–H groups in total. The normalized spacial score (nSPS) is 12.1. The third kappa shape index (κ3) is 28.9. The quantitative estimate of drug-likeness (QED) is 0.145. The van der Waals surface area contributed by atoms with Gasteiger partial charge in [0.2, 0.25) is 0 Å². The van der Waals surface area contributed by atoms with Crippen molar-refractivity contribution in [2.75, 3.05) is 92.5 Å². The molecule has 0 aliphatic heterocycles. The van der Waals surface area contributed by atoms with Crippen LogP contribution in [-0.2, 0) is 52.2 Å². The summed E-state index contributed by atoms with van der Waals surface area (Å²) in [7, 11) is 0. The SMILES string of the molecule is CC(C)(C)OC(=O)CCOCCOCCOCCOCCOCCOCCOCC(=O)OC(C)(C)C. The van der Waals surface area contributed by atoms with E-state index in [1.54, 1.807) is 0 Å². The highest BCUT2D eigenvalue weighted by Gasteiger charge is 2.16. The van der Waals surface area contributed by atoms with Gasteiger partial charge in [0.1, 0.15) is 17.8 Å². The summed E-state index contributed by atoms with van der Waals surface area (Å²) in [5.41, 5.74) is -0.983. The maximum Gasteiger partial charge on any atom is 0.332 e. The van der Waals surface area contributed by atoms with Crippen molar-refractivity contribution in [1.29, 1.82) is 0 Å². The summed E-state index contributed by atoms with van der Waals surface area (Å²) in [6, 6.07) is 0. The number of ether oxygens (including phenoxy) is 9. The van der Waals surface area contributed by atoms with Crippen LogP contribution in [0.3, 0.4) is 0 Å². The minimum absolute atomic E-state index is 0.0844. The monoisotopic (exact) mass is 524 g/mol. The molecule has 0 rings (SSSR count). The van der Waals surface area contributed by atoms with Crippen LogP contribution in [0.1, 0.15) is 48.0 Å². The Labute approximate surface area is 216 Å². The van der Waals surface area contributed by atoms with Gasteiger partial charge in [0.25, 0.3) is 0 Å². The lowest BCUT2D eigenvalue weighted by Crippen LogP contribution is -2.27. The summed E-state index contributed by atoms with van der Waals surface area (Å²) in [5, 5.41) is 0. The molecule has 0 spiro atoms. The minimum Gasteiger partial charge on any atom is -0.460 e. The summed E-state index contributed by atoms with van der Waals surface area (Å²) >= 11 is 0. The molecule has 214 valence electrons. The van der Waals surface area contributed by atoms with Gasteiger partial charge in [0.15, 0.2) is 0 Å². The molecule has 11 nitrogen and oxygen atoms in total. The average Bonchev–Trinajstić information content (AvgIpc) is 2.74. The Balaban J connectivity index is 3.19. The van der Waals surface area contributed by atoms with E-state index < -0.39 is 11.2 Å². The lowest BCUT2D eigenvalue weighted by atomic mass is 10.2. The lowest BCUT2D eigenvalue weighted by Gasteiger charge is -2.19. The van der Waals surface area contributed by atoms with Gasteiger partial charge in [0, 0.05) is 0 Å². The van der Waals surface area contributed by atoms with Gasteiger partial charge in [-0.3, -0.25) is 4.79 Å². The topological polar surface area (TPSA) is 117 Å². The first-order valence-electron chi connectivity index (χ1n) is 12.5. The molecule has 0 aromatic rings. The first-order valence-corrected chi connectivity index (χ1v) is 12.5. The van der Waals surface area contributed by atoms with E-state index >= 15 is 0 Å². The first-order chi connectivity index (χ1) is 17.0. The van der Waals surface area contributed by atoms with Crippen LogP contribution in [0.25, 0.3) is 0 Å².